The third-order valence-corrected chi connectivity index (χ3v) is 4.78. The van der Waals surface area contributed by atoms with Crippen molar-refractivity contribution >= 4 is 15.9 Å². The van der Waals surface area contributed by atoms with E-state index in [0.717, 1.165) is 6.42 Å². The Hall–Kier alpha value is -0.410. The molecule has 0 aliphatic carbocycles. The van der Waals surface area contributed by atoms with Gasteiger partial charge in [-0.3, -0.25) is 4.98 Å². The molecular formula is C16H25BrN2. The van der Waals surface area contributed by atoms with Crippen molar-refractivity contribution < 1.29 is 0 Å². The fourth-order valence-corrected chi connectivity index (χ4v) is 3.58. The normalized spacial score (nSPS) is 19.5. The summed E-state index contributed by atoms with van der Waals surface area (Å²) in [6.45, 7) is 4.64. The second kappa shape index (κ2) is 7.39. The van der Waals surface area contributed by atoms with E-state index in [-0.39, 0.29) is 0 Å². The van der Waals surface area contributed by atoms with Crippen molar-refractivity contribution in [1.82, 2.24) is 9.88 Å². The highest BCUT2D eigenvalue weighted by molar-refractivity contribution is 9.09. The Kier molecular flexibility index (Phi) is 5.83. The topological polar surface area (TPSA) is 16.1 Å². The summed E-state index contributed by atoms with van der Waals surface area (Å²) >= 11 is 3.76. The predicted molar refractivity (Wildman–Crippen MR) is 85.0 cm³/mol. The molecule has 2 heterocycles. The summed E-state index contributed by atoms with van der Waals surface area (Å²) in [7, 11) is 2.21. The molecule has 0 amide bonds. The van der Waals surface area contributed by atoms with Gasteiger partial charge in [-0.1, -0.05) is 35.3 Å². The van der Waals surface area contributed by atoms with Crippen LogP contribution in [0.4, 0.5) is 0 Å². The van der Waals surface area contributed by atoms with Crippen molar-refractivity contribution in [2.24, 2.45) is 0 Å². The Morgan fingerprint density at radius 1 is 1.37 bits per heavy atom. The molecule has 1 aliphatic heterocycles. The van der Waals surface area contributed by atoms with E-state index in [0.29, 0.717) is 10.7 Å². The van der Waals surface area contributed by atoms with Crippen LogP contribution in [0.2, 0.25) is 0 Å². The molecule has 0 saturated carbocycles. The summed E-state index contributed by atoms with van der Waals surface area (Å²) in [5, 5.41) is 0. The van der Waals surface area contributed by atoms with E-state index in [1.807, 2.05) is 0 Å². The second-order valence-electron chi connectivity index (χ2n) is 5.72. The summed E-state index contributed by atoms with van der Waals surface area (Å²) in [6.07, 6.45) is 6.00. The van der Waals surface area contributed by atoms with Crippen LogP contribution in [-0.2, 0) is 6.42 Å². The number of alkyl halides is 1. The van der Waals surface area contributed by atoms with Crippen LogP contribution in [0.15, 0.2) is 18.2 Å². The molecule has 1 aromatic rings. The van der Waals surface area contributed by atoms with Gasteiger partial charge in [0.05, 0.1) is 0 Å². The van der Waals surface area contributed by atoms with E-state index >= 15 is 0 Å². The maximum absolute atomic E-state index is 4.90. The maximum Gasteiger partial charge on any atom is 0.0438 e. The minimum atomic E-state index is 0.567. The molecule has 1 saturated heterocycles. The van der Waals surface area contributed by atoms with Crippen LogP contribution in [0, 0.1) is 0 Å². The highest BCUT2D eigenvalue weighted by Gasteiger charge is 2.19. The van der Waals surface area contributed by atoms with Crippen LogP contribution < -0.4 is 0 Å². The van der Waals surface area contributed by atoms with E-state index in [1.165, 1.54) is 50.2 Å². The van der Waals surface area contributed by atoms with E-state index in [9.17, 15) is 0 Å². The molecule has 19 heavy (non-hydrogen) atoms. The van der Waals surface area contributed by atoms with Crippen molar-refractivity contribution in [2.45, 2.75) is 49.8 Å². The van der Waals surface area contributed by atoms with Gasteiger partial charge in [0.1, 0.15) is 0 Å². The summed E-state index contributed by atoms with van der Waals surface area (Å²) in [4.78, 5) is 7.88. The summed E-state index contributed by atoms with van der Waals surface area (Å²) < 4.78 is 0. The minimum Gasteiger partial charge on any atom is -0.306 e. The molecule has 1 atom stereocenters. The largest absolute Gasteiger partial charge is 0.306 e. The molecule has 0 bridgehead atoms. The minimum absolute atomic E-state index is 0.567. The van der Waals surface area contributed by atoms with Crippen LogP contribution in [0.3, 0.4) is 0 Å². The molecule has 1 unspecified atom stereocenters. The number of hydrogen-bond donors (Lipinski definition) is 0. The fourth-order valence-electron chi connectivity index (χ4n) is 2.79. The first-order valence-electron chi connectivity index (χ1n) is 7.47. The van der Waals surface area contributed by atoms with Gasteiger partial charge >= 0.3 is 0 Å². The van der Waals surface area contributed by atoms with E-state index in [4.69, 9.17) is 4.98 Å². The van der Waals surface area contributed by atoms with Crippen LogP contribution in [0.5, 0.6) is 0 Å². The van der Waals surface area contributed by atoms with Gasteiger partial charge in [-0.2, -0.15) is 0 Å². The SMILES string of the molecule is CCCC(Br)Cc1cccc(C2CCN(C)CC2)n1. The zero-order chi connectivity index (χ0) is 13.7. The van der Waals surface area contributed by atoms with Gasteiger partial charge in [0.2, 0.25) is 0 Å². The zero-order valence-electron chi connectivity index (χ0n) is 12.1. The standard InChI is InChI=1S/C16H25BrN2/c1-3-5-14(17)12-15-6-4-7-16(18-15)13-8-10-19(2)11-9-13/h4,6-7,13-14H,3,5,8-12H2,1-2H3. The predicted octanol–water partition coefficient (Wildman–Crippen LogP) is 4.00. The first-order valence-corrected chi connectivity index (χ1v) is 8.39. The Morgan fingerprint density at radius 3 is 2.79 bits per heavy atom. The first kappa shape index (κ1) is 15.0. The fraction of sp³-hybridized carbons (Fsp3) is 0.688. The summed E-state index contributed by atoms with van der Waals surface area (Å²) in [5.74, 6) is 0.663. The molecule has 0 radical (unpaired) electrons. The number of likely N-dealkylation sites (tertiary alicyclic amines) is 1. The summed E-state index contributed by atoms with van der Waals surface area (Å²) in [6, 6.07) is 6.56. The monoisotopic (exact) mass is 324 g/mol. The van der Waals surface area contributed by atoms with Gasteiger partial charge in [0.25, 0.3) is 0 Å². The van der Waals surface area contributed by atoms with Crippen LogP contribution in [-0.4, -0.2) is 34.8 Å². The van der Waals surface area contributed by atoms with Gasteiger partial charge in [0.15, 0.2) is 0 Å². The number of pyridine rings is 1. The van der Waals surface area contributed by atoms with Gasteiger partial charge in [-0.25, -0.2) is 0 Å². The Balaban J connectivity index is 1.98. The van der Waals surface area contributed by atoms with E-state index in [2.05, 4.69) is 53.0 Å². The lowest BCUT2D eigenvalue weighted by molar-refractivity contribution is 0.253. The molecule has 1 aromatic heterocycles. The van der Waals surface area contributed by atoms with Gasteiger partial charge in [-0.05, 0) is 51.5 Å². The molecule has 2 rings (SSSR count). The third-order valence-electron chi connectivity index (χ3n) is 4.00. The number of hydrogen-bond acceptors (Lipinski definition) is 2. The lowest BCUT2D eigenvalue weighted by Crippen LogP contribution is -2.29. The molecule has 1 fully saturated rings. The van der Waals surface area contributed by atoms with Crippen LogP contribution in [0.25, 0.3) is 0 Å². The zero-order valence-corrected chi connectivity index (χ0v) is 13.7. The highest BCUT2D eigenvalue weighted by Crippen LogP contribution is 2.26. The molecular weight excluding hydrogens is 300 g/mol. The molecule has 2 nitrogen and oxygen atoms in total. The molecule has 3 heteroatoms. The Labute approximate surface area is 125 Å². The van der Waals surface area contributed by atoms with Crippen LogP contribution in [0.1, 0.15) is 49.9 Å². The van der Waals surface area contributed by atoms with Gasteiger partial charge in [-0.15, -0.1) is 0 Å². The highest BCUT2D eigenvalue weighted by atomic mass is 79.9. The molecule has 0 aromatic carbocycles. The second-order valence-corrected chi connectivity index (χ2v) is 7.02. The van der Waals surface area contributed by atoms with Crippen molar-refractivity contribution in [3.8, 4) is 0 Å². The van der Waals surface area contributed by atoms with E-state index < -0.39 is 0 Å². The van der Waals surface area contributed by atoms with Gasteiger partial charge < -0.3 is 4.90 Å². The first-order chi connectivity index (χ1) is 9.19. The smallest absolute Gasteiger partial charge is 0.0438 e. The lowest BCUT2D eigenvalue weighted by atomic mass is 9.93. The average molecular weight is 325 g/mol. The quantitative estimate of drug-likeness (QED) is 0.761. The van der Waals surface area contributed by atoms with Crippen molar-refractivity contribution in [1.29, 1.82) is 0 Å². The molecule has 1 aliphatic rings. The molecule has 106 valence electrons. The van der Waals surface area contributed by atoms with Gasteiger partial charge in [0, 0.05) is 28.6 Å². The third kappa shape index (κ3) is 4.57. The van der Waals surface area contributed by atoms with Crippen molar-refractivity contribution in [3.63, 3.8) is 0 Å². The molecule has 0 spiro atoms. The van der Waals surface area contributed by atoms with Crippen LogP contribution >= 0.6 is 15.9 Å². The number of nitrogens with zero attached hydrogens (tertiary/aromatic N) is 2. The number of rotatable bonds is 5. The van der Waals surface area contributed by atoms with E-state index in [1.54, 1.807) is 0 Å². The van der Waals surface area contributed by atoms with Crippen molar-refractivity contribution in [3.05, 3.63) is 29.6 Å². The number of piperidine rings is 1. The maximum atomic E-state index is 4.90. The average Bonchev–Trinajstić information content (AvgIpc) is 2.40. The number of halogens is 1. The number of aromatic nitrogens is 1. The molecule has 0 N–H and O–H groups in total. The Morgan fingerprint density at radius 2 is 2.11 bits per heavy atom. The summed E-state index contributed by atoms with van der Waals surface area (Å²) in [5.41, 5.74) is 2.55. The Bertz CT molecular complexity index is 386. The van der Waals surface area contributed by atoms with Crippen molar-refractivity contribution in [2.75, 3.05) is 20.1 Å². The lowest BCUT2D eigenvalue weighted by Gasteiger charge is -2.28.